The molecule has 1 atom stereocenters. The van der Waals surface area contributed by atoms with Gasteiger partial charge in [0.25, 0.3) is 0 Å². The summed E-state index contributed by atoms with van der Waals surface area (Å²) in [6.45, 7) is 4.46. The second-order valence-corrected chi connectivity index (χ2v) is 3.79. The van der Waals surface area contributed by atoms with Crippen LogP contribution in [0.3, 0.4) is 0 Å². The zero-order valence-corrected chi connectivity index (χ0v) is 9.12. The van der Waals surface area contributed by atoms with Crippen molar-refractivity contribution in [3.63, 3.8) is 0 Å². The second kappa shape index (κ2) is 5.51. The molecule has 1 fully saturated rings. The van der Waals surface area contributed by atoms with Gasteiger partial charge in [0.05, 0.1) is 0 Å². The van der Waals surface area contributed by atoms with Crippen LogP contribution in [0.15, 0.2) is 0 Å². The summed E-state index contributed by atoms with van der Waals surface area (Å²) >= 11 is 1.10. The summed E-state index contributed by atoms with van der Waals surface area (Å²) in [5.41, 5.74) is 0. The van der Waals surface area contributed by atoms with E-state index in [4.69, 9.17) is 4.74 Å². The molecule has 0 aliphatic carbocycles. The van der Waals surface area contributed by atoms with Crippen LogP contribution in [-0.4, -0.2) is 76.9 Å². The Bertz CT molecular complexity index is 107. The Morgan fingerprint density at radius 2 is 2.09 bits per heavy atom. The maximum absolute atomic E-state index is 9.36. The first-order valence-corrected chi connectivity index (χ1v) is 5.72. The van der Waals surface area contributed by atoms with E-state index in [0.717, 1.165) is 64.4 Å². The number of morpholine rings is 1. The Morgan fingerprint density at radius 3 is 2.64 bits per heavy atom. The van der Waals surface area contributed by atoms with Crippen LogP contribution in [0.2, 0.25) is 3.67 Å². The second-order valence-electron chi connectivity index (χ2n) is 2.98. The van der Waals surface area contributed by atoms with Gasteiger partial charge >= 0.3 is 85.3 Å². The van der Waals surface area contributed by atoms with Gasteiger partial charge in [-0.3, -0.25) is 0 Å². The van der Waals surface area contributed by atoms with Crippen LogP contribution >= 0.6 is 0 Å². The molecular formula is C7H14NNaO2. The van der Waals surface area contributed by atoms with Gasteiger partial charge < -0.3 is 0 Å². The van der Waals surface area contributed by atoms with E-state index >= 15 is 0 Å². The number of rotatable bonds is 3. The summed E-state index contributed by atoms with van der Waals surface area (Å²) in [6.07, 6.45) is -0.0974. The van der Waals surface area contributed by atoms with Crippen molar-refractivity contribution in [2.24, 2.45) is 0 Å². The molecule has 1 rings (SSSR count). The molecular weight excluding hydrogens is 153 g/mol. The Kier molecular flexibility index (Phi) is 4.99. The van der Waals surface area contributed by atoms with Crippen LogP contribution in [0.25, 0.3) is 0 Å². The molecule has 1 unspecified atom stereocenters. The Labute approximate surface area is 85.1 Å². The number of hydrogen-bond donors (Lipinski definition) is 1. The van der Waals surface area contributed by atoms with Gasteiger partial charge in [-0.15, -0.1) is 0 Å². The molecule has 1 aliphatic rings. The third-order valence-corrected chi connectivity index (χ3v) is 2.99. The molecule has 0 bridgehead atoms. The van der Waals surface area contributed by atoms with Gasteiger partial charge in [0.15, 0.2) is 0 Å². The van der Waals surface area contributed by atoms with Gasteiger partial charge in [-0.1, -0.05) is 0 Å². The number of aliphatic hydroxyl groups is 1. The SMILES string of the molecule is OC([CH2][Na])CN1CCOCC1. The van der Waals surface area contributed by atoms with Crippen LogP contribution in [0.4, 0.5) is 0 Å². The minimum absolute atomic E-state index is 0.0974. The molecule has 1 N–H and O–H groups in total. The molecule has 0 aromatic heterocycles. The van der Waals surface area contributed by atoms with Gasteiger partial charge in [-0.25, -0.2) is 0 Å². The summed E-state index contributed by atoms with van der Waals surface area (Å²) in [7, 11) is 0. The van der Waals surface area contributed by atoms with Gasteiger partial charge in [-0.2, -0.15) is 0 Å². The predicted octanol–water partition coefficient (Wildman–Crippen LogP) is -0.734. The van der Waals surface area contributed by atoms with Crippen molar-refractivity contribution in [1.82, 2.24) is 4.90 Å². The van der Waals surface area contributed by atoms with E-state index in [1.165, 1.54) is 0 Å². The minimum atomic E-state index is -0.0974. The van der Waals surface area contributed by atoms with Crippen molar-refractivity contribution in [2.75, 3.05) is 32.8 Å². The molecule has 0 saturated carbocycles. The monoisotopic (exact) mass is 167 g/mol. The molecule has 0 amide bonds. The fourth-order valence-electron chi connectivity index (χ4n) is 1.21. The average molecular weight is 167 g/mol. The third-order valence-electron chi connectivity index (χ3n) is 2.04. The van der Waals surface area contributed by atoms with Crippen molar-refractivity contribution < 1.29 is 9.84 Å². The predicted molar refractivity (Wildman–Crippen MR) is 43.8 cm³/mol. The van der Waals surface area contributed by atoms with E-state index in [-0.39, 0.29) is 6.10 Å². The van der Waals surface area contributed by atoms with E-state index in [9.17, 15) is 5.11 Å². The molecule has 4 heteroatoms. The van der Waals surface area contributed by atoms with Gasteiger partial charge in [-0.05, 0) is 0 Å². The molecule has 60 valence electrons. The summed E-state index contributed by atoms with van der Waals surface area (Å²) in [4.78, 5) is 2.27. The first-order valence-electron chi connectivity index (χ1n) is 4.31. The van der Waals surface area contributed by atoms with Gasteiger partial charge in [0.2, 0.25) is 0 Å². The van der Waals surface area contributed by atoms with Crippen LogP contribution in [-0.2, 0) is 4.74 Å². The molecule has 1 aliphatic heterocycles. The fraction of sp³-hybridized carbons (Fsp3) is 1.00. The van der Waals surface area contributed by atoms with E-state index < -0.39 is 0 Å². The van der Waals surface area contributed by atoms with E-state index in [1.807, 2.05) is 0 Å². The summed E-state index contributed by atoms with van der Waals surface area (Å²) in [6, 6.07) is 0. The molecule has 0 aromatic carbocycles. The molecule has 1 heterocycles. The Morgan fingerprint density at radius 1 is 1.45 bits per heavy atom. The van der Waals surface area contributed by atoms with Crippen molar-refractivity contribution in [3.05, 3.63) is 0 Å². The quantitative estimate of drug-likeness (QED) is 0.562. The number of nitrogens with zero attached hydrogens (tertiary/aromatic N) is 1. The normalized spacial score (nSPS) is 23.5. The Hall–Kier alpha value is 0.880. The van der Waals surface area contributed by atoms with Crippen molar-refractivity contribution in [2.45, 2.75) is 9.77 Å². The zero-order valence-electron chi connectivity index (χ0n) is 7.12. The summed E-state index contributed by atoms with van der Waals surface area (Å²) < 4.78 is 6.18. The van der Waals surface area contributed by atoms with Crippen LogP contribution in [0.1, 0.15) is 0 Å². The number of aliphatic hydroxyl groups excluding tert-OH is 1. The molecule has 1 saturated heterocycles. The number of β-amino-alcohol motifs (C(OH)–C–C–N with tert-alkyl or cyclic N) is 1. The van der Waals surface area contributed by atoms with E-state index in [0.29, 0.717) is 0 Å². The van der Waals surface area contributed by atoms with Crippen LogP contribution in [0.5, 0.6) is 0 Å². The third kappa shape index (κ3) is 3.87. The molecule has 0 aromatic rings. The van der Waals surface area contributed by atoms with Gasteiger partial charge in [0, 0.05) is 0 Å². The standard InChI is InChI=1S/C7H14NO2.Na/c1-7(9)6-8-2-4-10-5-3-8;/h7,9H,1-6H2;. The topological polar surface area (TPSA) is 32.7 Å². The molecule has 0 radical (unpaired) electrons. The van der Waals surface area contributed by atoms with Crippen LogP contribution < -0.4 is 0 Å². The van der Waals surface area contributed by atoms with Crippen molar-refractivity contribution in [3.8, 4) is 0 Å². The first kappa shape index (κ1) is 9.96. The van der Waals surface area contributed by atoms with Crippen molar-refractivity contribution in [1.29, 1.82) is 0 Å². The first-order chi connectivity index (χ1) is 5.33. The number of ether oxygens (including phenoxy) is 1. The van der Waals surface area contributed by atoms with Crippen molar-refractivity contribution >= 4 is 27.9 Å². The maximum atomic E-state index is 9.36. The average Bonchev–Trinajstić information content (AvgIpc) is 2.06. The fourth-order valence-corrected chi connectivity index (χ4v) is 1.47. The summed E-state index contributed by atoms with van der Waals surface area (Å²) in [5.74, 6) is 0. The Balaban J connectivity index is 2.13. The van der Waals surface area contributed by atoms with Crippen LogP contribution in [0, 0.1) is 0 Å². The van der Waals surface area contributed by atoms with E-state index in [2.05, 4.69) is 4.90 Å². The number of hydrogen-bond acceptors (Lipinski definition) is 3. The van der Waals surface area contributed by atoms with Gasteiger partial charge in [0.1, 0.15) is 0 Å². The zero-order chi connectivity index (χ0) is 8.10. The molecule has 3 nitrogen and oxygen atoms in total. The van der Waals surface area contributed by atoms with E-state index in [1.54, 1.807) is 0 Å². The molecule has 11 heavy (non-hydrogen) atoms. The molecule has 0 spiro atoms. The summed E-state index contributed by atoms with van der Waals surface area (Å²) in [5, 5.41) is 9.36.